The van der Waals surface area contributed by atoms with E-state index in [9.17, 15) is 17.6 Å². The SMILES string of the molecule is CCC(C)N(Cc1cccc(OS(=O)(=O)C(C)C)c1)C(=O)c1ccccc1F. The van der Waals surface area contributed by atoms with Gasteiger partial charge in [-0.25, -0.2) is 4.39 Å². The summed E-state index contributed by atoms with van der Waals surface area (Å²) in [5, 5.41) is -0.671. The van der Waals surface area contributed by atoms with Gasteiger partial charge in [0.1, 0.15) is 11.6 Å². The van der Waals surface area contributed by atoms with Crippen LogP contribution in [-0.2, 0) is 16.7 Å². The fraction of sp³-hybridized carbons (Fsp3) is 0.381. The Morgan fingerprint density at radius 3 is 2.39 bits per heavy atom. The minimum atomic E-state index is -3.71. The van der Waals surface area contributed by atoms with Crippen LogP contribution in [0.3, 0.4) is 0 Å². The van der Waals surface area contributed by atoms with Crippen LogP contribution in [-0.4, -0.2) is 30.5 Å². The first-order valence-electron chi connectivity index (χ1n) is 9.23. The summed E-state index contributed by atoms with van der Waals surface area (Å²) >= 11 is 0. The van der Waals surface area contributed by atoms with Crippen molar-refractivity contribution in [1.82, 2.24) is 4.90 Å². The normalized spacial score (nSPS) is 12.6. The largest absolute Gasteiger partial charge is 0.382 e. The summed E-state index contributed by atoms with van der Waals surface area (Å²) in [5.74, 6) is -0.789. The van der Waals surface area contributed by atoms with Crippen molar-refractivity contribution in [2.24, 2.45) is 0 Å². The van der Waals surface area contributed by atoms with E-state index >= 15 is 0 Å². The highest BCUT2D eigenvalue weighted by Gasteiger charge is 2.24. The van der Waals surface area contributed by atoms with E-state index in [0.717, 1.165) is 0 Å². The number of halogens is 1. The molecule has 2 aromatic carbocycles. The summed E-state index contributed by atoms with van der Waals surface area (Å²) in [5.41, 5.74) is 0.707. The van der Waals surface area contributed by atoms with E-state index in [0.29, 0.717) is 12.0 Å². The van der Waals surface area contributed by atoms with Crippen molar-refractivity contribution in [2.75, 3.05) is 0 Å². The molecule has 0 radical (unpaired) electrons. The van der Waals surface area contributed by atoms with Gasteiger partial charge in [-0.05, 0) is 57.0 Å². The second-order valence-corrected chi connectivity index (χ2v) is 9.04. The van der Waals surface area contributed by atoms with Crippen molar-refractivity contribution in [3.8, 4) is 5.75 Å². The quantitative estimate of drug-likeness (QED) is 0.609. The summed E-state index contributed by atoms with van der Waals surface area (Å²) in [6, 6.07) is 12.3. The van der Waals surface area contributed by atoms with E-state index in [1.807, 2.05) is 13.8 Å². The third kappa shape index (κ3) is 5.32. The predicted octanol–water partition coefficient (Wildman–Crippen LogP) is 4.38. The Kier molecular flexibility index (Phi) is 7.18. The van der Waals surface area contributed by atoms with Crippen LogP contribution in [0.2, 0.25) is 0 Å². The Morgan fingerprint density at radius 2 is 1.79 bits per heavy atom. The van der Waals surface area contributed by atoms with Crippen molar-refractivity contribution in [3.05, 3.63) is 65.5 Å². The zero-order valence-electron chi connectivity index (χ0n) is 16.6. The van der Waals surface area contributed by atoms with Crippen molar-refractivity contribution in [3.63, 3.8) is 0 Å². The average Bonchev–Trinajstić information content (AvgIpc) is 2.65. The van der Waals surface area contributed by atoms with Gasteiger partial charge in [-0.1, -0.05) is 31.2 Å². The Hall–Kier alpha value is -2.41. The number of benzene rings is 2. The van der Waals surface area contributed by atoms with Crippen LogP contribution in [0, 0.1) is 5.82 Å². The summed E-state index contributed by atoms with van der Waals surface area (Å²) in [6.45, 7) is 7.12. The van der Waals surface area contributed by atoms with Gasteiger partial charge >= 0.3 is 10.1 Å². The number of nitrogens with zero attached hydrogens (tertiary/aromatic N) is 1. The Labute approximate surface area is 166 Å². The molecule has 0 saturated carbocycles. The molecule has 0 spiro atoms. The third-order valence-corrected chi connectivity index (χ3v) is 6.11. The molecule has 0 bridgehead atoms. The minimum absolute atomic E-state index is 0.0117. The molecule has 7 heteroatoms. The summed E-state index contributed by atoms with van der Waals surface area (Å²) in [6.07, 6.45) is 0.693. The van der Waals surface area contributed by atoms with Crippen molar-refractivity contribution >= 4 is 16.0 Å². The highest BCUT2D eigenvalue weighted by atomic mass is 32.2. The molecule has 0 aliphatic rings. The molecule has 1 atom stereocenters. The van der Waals surface area contributed by atoms with Gasteiger partial charge < -0.3 is 9.08 Å². The Bertz CT molecular complexity index is 928. The molecule has 152 valence electrons. The van der Waals surface area contributed by atoms with Gasteiger partial charge in [-0.15, -0.1) is 0 Å². The maximum absolute atomic E-state index is 14.1. The lowest BCUT2D eigenvalue weighted by Crippen LogP contribution is -2.38. The zero-order valence-corrected chi connectivity index (χ0v) is 17.4. The molecule has 1 unspecified atom stereocenters. The van der Waals surface area contributed by atoms with Gasteiger partial charge in [0.25, 0.3) is 5.91 Å². The van der Waals surface area contributed by atoms with Crippen LogP contribution in [0.5, 0.6) is 5.75 Å². The van der Waals surface area contributed by atoms with Crippen LogP contribution >= 0.6 is 0 Å². The number of hydrogen-bond donors (Lipinski definition) is 0. The standard InChI is InChI=1S/C21H26FNO4S/c1-5-16(4)23(21(24)19-11-6-7-12-20(19)22)14-17-9-8-10-18(13-17)27-28(25,26)15(2)3/h6-13,15-16H,5,14H2,1-4H3. The van der Waals surface area contributed by atoms with Crippen LogP contribution < -0.4 is 4.18 Å². The molecular formula is C21H26FNO4S. The van der Waals surface area contributed by atoms with E-state index in [-0.39, 0.29) is 23.9 Å². The lowest BCUT2D eigenvalue weighted by atomic mass is 10.1. The summed E-state index contributed by atoms with van der Waals surface area (Å²) in [7, 11) is -3.71. The molecule has 0 heterocycles. The van der Waals surface area contributed by atoms with Crippen LogP contribution in [0.4, 0.5) is 4.39 Å². The van der Waals surface area contributed by atoms with Crippen LogP contribution in [0.1, 0.15) is 50.0 Å². The number of carbonyl (C=O) groups is 1. The number of carbonyl (C=O) groups excluding carboxylic acids is 1. The van der Waals surface area contributed by atoms with Gasteiger partial charge in [-0.3, -0.25) is 4.79 Å². The van der Waals surface area contributed by atoms with Crippen LogP contribution in [0.25, 0.3) is 0 Å². The maximum Gasteiger partial charge on any atom is 0.311 e. The molecule has 0 aromatic heterocycles. The summed E-state index contributed by atoms with van der Waals surface area (Å²) in [4.78, 5) is 14.5. The lowest BCUT2D eigenvalue weighted by molar-refractivity contribution is 0.0666. The Balaban J connectivity index is 2.30. The second-order valence-electron chi connectivity index (χ2n) is 6.94. The molecule has 0 fully saturated rings. The van der Waals surface area contributed by atoms with E-state index in [2.05, 4.69) is 0 Å². The first-order chi connectivity index (χ1) is 13.2. The molecule has 0 aliphatic carbocycles. The molecular weight excluding hydrogens is 381 g/mol. The van der Waals surface area contributed by atoms with Crippen molar-refractivity contribution < 1.29 is 21.8 Å². The fourth-order valence-corrected chi connectivity index (χ4v) is 3.12. The van der Waals surface area contributed by atoms with Crippen molar-refractivity contribution in [2.45, 2.75) is 52.0 Å². The number of amides is 1. The minimum Gasteiger partial charge on any atom is -0.382 e. The molecule has 28 heavy (non-hydrogen) atoms. The predicted molar refractivity (Wildman–Crippen MR) is 107 cm³/mol. The smallest absolute Gasteiger partial charge is 0.311 e. The average molecular weight is 408 g/mol. The molecule has 1 amide bonds. The van der Waals surface area contributed by atoms with Crippen LogP contribution in [0.15, 0.2) is 48.5 Å². The highest BCUT2D eigenvalue weighted by Crippen LogP contribution is 2.21. The monoisotopic (exact) mass is 407 g/mol. The van der Waals surface area contributed by atoms with Crippen molar-refractivity contribution in [1.29, 1.82) is 0 Å². The van der Waals surface area contributed by atoms with E-state index in [1.165, 1.54) is 32.0 Å². The van der Waals surface area contributed by atoms with Gasteiger partial charge in [-0.2, -0.15) is 8.42 Å². The zero-order chi connectivity index (χ0) is 20.9. The topological polar surface area (TPSA) is 63.7 Å². The Morgan fingerprint density at radius 1 is 1.11 bits per heavy atom. The summed E-state index contributed by atoms with van der Waals surface area (Å²) < 4.78 is 43.2. The van der Waals surface area contributed by atoms with Gasteiger partial charge in [0.05, 0.1) is 10.8 Å². The molecule has 5 nitrogen and oxygen atoms in total. The number of hydrogen-bond acceptors (Lipinski definition) is 4. The second kappa shape index (κ2) is 9.19. The molecule has 0 N–H and O–H groups in total. The maximum atomic E-state index is 14.1. The highest BCUT2D eigenvalue weighted by molar-refractivity contribution is 7.87. The lowest BCUT2D eigenvalue weighted by Gasteiger charge is -2.29. The first kappa shape index (κ1) is 21.9. The first-order valence-corrected chi connectivity index (χ1v) is 10.7. The van der Waals surface area contributed by atoms with E-state index in [1.54, 1.807) is 35.2 Å². The van der Waals surface area contributed by atoms with Gasteiger partial charge in [0.2, 0.25) is 0 Å². The molecule has 0 aliphatic heterocycles. The van der Waals surface area contributed by atoms with E-state index < -0.39 is 27.1 Å². The molecule has 0 saturated heterocycles. The number of rotatable bonds is 8. The fourth-order valence-electron chi connectivity index (χ4n) is 2.56. The molecule has 2 aromatic rings. The van der Waals surface area contributed by atoms with Gasteiger partial charge in [0, 0.05) is 12.6 Å². The van der Waals surface area contributed by atoms with E-state index in [4.69, 9.17) is 4.18 Å². The molecule has 2 rings (SSSR count). The van der Waals surface area contributed by atoms with Gasteiger partial charge in [0.15, 0.2) is 0 Å². The third-order valence-electron chi connectivity index (χ3n) is 4.53.